The summed E-state index contributed by atoms with van der Waals surface area (Å²) in [4.78, 5) is 24.1. The minimum absolute atomic E-state index is 0.126. The Hall–Kier alpha value is -2.55. The summed E-state index contributed by atoms with van der Waals surface area (Å²) >= 11 is 0. The number of aromatic nitrogens is 1. The second kappa shape index (κ2) is 7.36. The van der Waals surface area contributed by atoms with Crippen LogP contribution in [0.4, 0.5) is 13.2 Å². The van der Waals surface area contributed by atoms with E-state index in [0.29, 0.717) is 25.1 Å². The number of rotatable bonds is 5. The van der Waals surface area contributed by atoms with E-state index in [1.807, 2.05) is 0 Å². The van der Waals surface area contributed by atoms with Crippen LogP contribution in [0.25, 0.3) is 0 Å². The van der Waals surface area contributed by atoms with E-state index in [1.54, 1.807) is 4.90 Å². The van der Waals surface area contributed by atoms with Crippen LogP contribution in [0.1, 0.15) is 30.1 Å². The van der Waals surface area contributed by atoms with Gasteiger partial charge in [-0.2, -0.15) is 5.16 Å². The molecule has 0 aliphatic carbocycles. The fourth-order valence-corrected chi connectivity index (χ4v) is 3.45. The highest BCUT2D eigenvalue weighted by Gasteiger charge is 2.32. The number of aliphatic carboxylic acids is 1. The van der Waals surface area contributed by atoms with Crippen molar-refractivity contribution in [2.45, 2.75) is 31.2 Å². The van der Waals surface area contributed by atoms with Crippen LogP contribution in [0, 0.1) is 17.5 Å². The van der Waals surface area contributed by atoms with Crippen LogP contribution in [0.3, 0.4) is 0 Å². The average molecular weight is 370 g/mol. The highest BCUT2D eigenvalue weighted by atomic mass is 19.2. The van der Waals surface area contributed by atoms with Crippen molar-refractivity contribution in [1.29, 1.82) is 0 Å². The molecule has 0 spiro atoms. The number of carboxylic acid groups (broad SMARTS) is 1. The van der Waals surface area contributed by atoms with Crippen molar-refractivity contribution in [2.75, 3.05) is 13.1 Å². The van der Waals surface area contributed by atoms with E-state index in [0.717, 1.165) is 12.1 Å². The van der Waals surface area contributed by atoms with Crippen LogP contribution >= 0.6 is 0 Å². The summed E-state index contributed by atoms with van der Waals surface area (Å²) in [5.74, 6) is -4.78. The number of hydrogen-bond acceptors (Lipinski definition) is 4. The lowest BCUT2D eigenvalue weighted by molar-refractivity contribution is -0.139. The Morgan fingerprint density at radius 2 is 1.96 bits per heavy atom. The molecule has 2 unspecified atom stereocenters. The van der Waals surface area contributed by atoms with Crippen molar-refractivity contribution in [3.8, 4) is 0 Å². The van der Waals surface area contributed by atoms with Crippen molar-refractivity contribution >= 4 is 5.97 Å². The van der Waals surface area contributed by atoms with Gasteiger partial charge >= 0.3 is 5.97 Å². The van der Waals surface area contributed by atoms with E-state index >= 15 is 0 Å². The zero-order valence-corrected chi connectivity index (χ0v) is 13.7. The summed E-state index contributed by atoms with van der Waals surface area (Å²) in [6.45, 7) is 0.198. The van der Waals surface area contributed by atoms with E-state index < -0.39 is 23.4 Å². The maximum atomic E-state index is 13.5. The molecule has 6 nitrogen and oxygen atoms in total. The molecule has 1 aliphatic rings. The first-order chi connectivity index (χ1) is 12.3. The second-order valence-electron chi connectivity index (χ2n) is 6.43. The van der Waals surface area contributed by atoms with Crippen LogP contribution < -0.4 is 5.56 Å². The maximum Gasteiger partial charge on any atom is 0.317 e. The van der Waals surface area contributed by atoms with E-state index in [-0.39, 0.29) is 36.0 Å². The van der Waals surface area contributed by atoms with Gasteiger partial charge in [-0.05, 0) is 43.5 Å². The Labute approximate surface area is 146 Å². The quantitative estimate of drug-likeness (QED) is 0.789. The molecule has 1 aromatic heterocycles. The molecule has 2 aromatic rings. The Bertz CT molecular complexity index is 841. The number of piperidine rings is 1. The molecule has 2 heterocycles. The maximum absolute atomic E-state index is 13.5. The van der Waals surface area contributed by atoms with Gasteiger partial charge in [0.1, 0.15) is 5.76 Å². The lowest BCUT2D eigenvalue weighted by Crippen LogP contribution is -2.45. The van der Waals surface area contributed by atoms with Gasteiger partial charge in [0.2, 0.25) is 0 Å². The number of likely N-dealkylation sites (tertiary alicyclic amines) is 1. The molecule has 0 saturated carbocycles. The van der Waals surface area contributed by atoms with Gasteiger partial charge in [0.15, 0.2) is 17.5 Å². The molecule has 1 fully saturated rings. The Balaban J connectivity index is 1.82. The summed E-state index contributed by atoms with van der Waals surface area (Å²) in [7, 11) is 0. The summed E-state index contributed by atoms with van der Waals surface area (Å²) in [5, 5.41) is 11.3. The number of hydrogen-bond donors (Lipinski definition) is 2. The van der Waals surface area contributed by atoms with Crippen molar-refractivity contribution in [2.24, 2.45) is 0 Å². The molecule has 26 heavy (non-hydrogen) atoms. The number of halogens is 3. The first kappa shape index (κ1) is 18.2. The predicted octanol–water partition coefficient (Wildman–Crippen LogP) is 2.26. The molecule has 0 radical (unpaired) electrons. The summed E-state index contributed by atoms with van der Waals surface area (Å²) in [6, 6.07) is 2.81. The number of benzene rings is 1. The predicted molar refractivity (Wildman–Crippen MR) is 84.3 cm³/mol. The van der Waals surface area contributed by atoms with Crippen LogP contribution in [-0.4, -0.2) is 40.3 Å². The van der Waals surface area contributed by atoms with E-state index in [9.17, 15) is 22.8 Å². The van der Waals surface area contributed by atoms with Gasteiger partial charge in [0.05, 0.1) is 6.54 Å². The third-order valence-corrected chi connectivity index (χ3v) is 4.64. The number of carbonyl (C=O) groups is 1. The monoisotopic (exact) mass is 370 g/mol. The normalized spacial score (nSPS) is 21.0. The van der Waals surface area contributed by atoms with Crippen LogP contribution in [0.2, 0.25) is 0 Å². The molecule has 1 aliphatic heterocycles. The molecular weight excluding hydrogens is 353 g/mol. The van der Waals surface area contributed by atoms with Gasteiger partial charge in [-0.1, -0.05) is 0 Å². The van der Waals surface area contributed by atoms with Gasteiger partial charge in [-0.25, -0.2) is 13.2 Å². The first-order valence-corrected chi connectivity index (χ1v) is 8.11. The van der Waals surface area contributed by atoms with Crippen molar-refractivity contribution in [1.82, 2.24) is 10.1 Å². The minimum Gasteiger partial charge on any atom is -0.480 e. The topological polar surface area (TPSA) is 86.5 Å². The van der Waals surface area contributed by atoms with Gasteiger partial charge in [-0.15, -0.1) is 0 Å². The van der Waals surface area contributed by atoms with Crippen molar-refractivity contribution in [3.63, 3.8) is 0 Å². The SMILES string of the molecule is O=C(O)CN1CCC(c2cc(=O)[nH]o2)CC1Cc1cc(F)c(F)c(F)c1. The number of nitrogens with zero attached hydrogens (tertiary/aromatic N) is 1. The highest BCUT2D eigenvalue weighted by molar-refractivity contribution is 5.69. The fourth-order valence-electron chi connectivity index (χ4n) is 3.45. The molecular formula is C17H17F3N2O4. The summed E-state index contributed by atoms with van der Waals surface area (Å²) in [5.41, 5.74) is -0.134. The van der Waals surface area contributed by atoms with Gasteiger partial charge in [-0.3, -0.25) is 14.5 Å². The van der Waals surface area contributed by atoms with Gasteiger partial charge in [0.25, 0.3) is 5.56 Å². The molecule has 1 aromatic carbocycles. The molecule has 0 amide bonds. The van der Waals surface area contributed by atoms with Crippen molar-refractivity contribution < 1.29 is 27.6 Å². The minimum atomic E-state index is -1.54. The third-order valence-electron chi connectivity index (χ3n) is 4.64. The zero-order chi connectivity index (χ0) is 18.8. The fraction of sp³-hybridized carbons (Fsp3) is 0.412. The molecule has 2 atom stereocenters. The average Bonchev–Trinajstić information content (AvgIpc) is 3.00. The first-order valence-electron chi connectivity index (χ1n) is 8.11. The van der Waals surface area contributed by atoms with E-state index in [4.69, 9.17) is 9.63 Å². The van der Waals surface area contributed by atoms with E-state index in [1.165, 1.54) is 6.07 Å². The number of carboxylic acids is 1. The molecule has 0 bridgehead atoms. The number of nitrogens with one attached hydrogen (secondary N) is 1. The second-order valence-corrected chi connectivity index (χ2v) is 6.43. The third kappa shape index (κ3) is 3.98. The largest absolute Gasteiger partial charge is 0.480 e. The van der Waals surface area contributed by atoms with Crippen LogP contribution in [-0.2, 0) is 11.2 Å². The number of H-pyrrole nitrogens is 1. The Morgan fingerprint density at radius 3 is 2.54 bits per heavy atom. The molecule has 1 saturated heterocycles. The van der Waals surface area contributed by atoms with Crippen molar-refractivity contribution in [3.05, 3.63) is 57.3 Å². The number of aromatic amines is 1. The molecule has 140 valence electrons. The lowest BCUT2D eigenvalue weighted by atomic mass is 9.86. The standard InChI is InChI=1S/C17H17F3N2O4/c18-12-4-9(5-13(19)17(12)20)3-11-6-10(14-7-15(23)21-26-14)1-2-22(11)8-16(24)25/h4-5,7,10-11H,1-3,6,8H2,(H,21,23)(H,24,25). The Morgan fingerprint density at radius 1 is 1.27 bits per heavy atom. The van der Waals surface area contributed by atoms with Gasteiger partial charge in [0, 0.05) is 18.0 Å². The summed E-state index contributed by atoms with van der Waals surface area (Å²) < 4.78 is 45.2. The highest BCUT2D eigenvalue weighted by Crippen LogP contribution is 2.32. The Kier molecular flexibility index (Phi) is 5.17. The van der Waals surface area contributed by atoms with E-state index in [2.05, 4.69) is 5.16 Å². The lowest BCUT2D eigenvalue weighted by Gasteiger charge is -2.38. The molecule has 3 rings (SSSR count). The molecule has 9 heteroatoms. The van der Waals surface area contributed by atoms with Crippen LogP contribution in [0.15, 0.2) is 27.5 Å². The zero-order valence-electron chi connectivity index (χ0n) is 13.7. The summed E-state index contributed by atoms with van der Waals surface area (Å²) in [6.07, 6.45) is 1.16. The molecule has 2 N–H and O–H groups in total. The smallest absolute Gasteiger partial charge is 0.317 e. The van der Waals surface area contributed by atoms with Crippen LogP contribution in [0.5, 0.6) is 0 Å². The van der Waals surface area contributed by atoms with Gasteiger partial charge < -0.3 is 9.63 Å².